The van der Waals surface area contributed by atoms with Crippen LogP contribution in [0, 0.1) is 5.41 Å². The molecule has 57 heteroatoms. The lowest BCUT2D eigenvalue weighted by Crippen LogP contribution is -2.61. The third-order valence-electron chi connectivity index (χ3n) is 21.8. The van der Waals surface area contributed by atoms with E-state index in [1.54, 1.807) is 18.3 Å². The number of aliphatic hydroxyl groups excluding tert-OH is 1. The van der Waals surface area contributed by atoms with E-state index in [9.17, 15) is 87.9 Å². The fraction of sp³-hybridized carbons (Fsp3) is 0.593. The number of nitrogens with two attached hydrogens (primary N) is 3. The van der Waals surface area contributed by atoms with Crippen LogP contribution in [0.2, 0.25) is 0 Å². The Balaban J connectivity index is 0.974. The molecule has 0 spiro atoms. The number of anilines is 2. The van der Waals surface area contributed by atoms with E-state index in [-0.39, 0.29) is 217 Å². The van der Waals surface area contributed by atoms with Gasteiger partial charge in [0, 0.05) is 82.0 Å². The Morgan fingerprint density at radius 3 is 1.72 bits per heavy atom. The van der Waals surface area contributed by atoms with Gasteiger partial charge in [-0.05, 0) is 114 Å². The third kappa shape index (κ3) is 48.4. The molecular formula is C91H136N26O31. The number of phenolic OH excluding ortho intramolecular Hbond substituents is 1. The van der Waals surface area contributed by atoms with Crippen LogP contribution in [0.3, 0.4) is 0 Å². The Labute approximate surface area is 849 Å². The summed E-state index contributed by atoms with van der Waals surface area (Å²) in [5.41, 5.74) is 18.2. The number of amides is 11. The average Bonchev–Trinajstić information content (AvgIpc) is 0.936. The molecule has 25 N–H and O–H groups in total. The normalized spacial score (nSPS) is 17.4. The van der Waals surface area contributed by atoms with Crippen LogP contribution in [0.25, 0.3) is 11.2 Å². The summed E-state index contributed by atoms with van der Waals surface area (Å²) in [5, 5.41) is 106. The molecule has 0 radical (unpaired) electrons. The standard InChI is InChI=1S/C91H136N26O31/c1-3-138-31-32-142-39-40-145-43-44-147-47-48-148-46-45-146-42-41-143-36-33-139-28-23-73(121)101-66(18-15-60-54-117(114-112-60)27-30-141-35-38-144-37-34-140-29-25-96-72(120)21-19-68(89(136)137)105-80(127)58-11-13-59(14-12-58)98-52-62-53-99-79-77(100-62)88(135)111-91(95)110-79)82(129)107-70-50-61-55-116(115-113-61)26-5-4-7-64(78(92)126)102-87(134)76(56(2)118)109-86(133)69(49-57-9-16-63(119)17-10-57)106-81(128)65(8-6-24-97-90(93)94)103-83(130)67(20-22-74(122)123)104-85(132)71(51-75(124)125)108-84(70)131/h9-14,16-17,53-56,64-71,76,98,118-119H,3-8,15,18-52H2,1-2H3,(H2,92,126)(H,96,120)(H,101,121)(H,102,134)(H,103,130)(H,104,132)(H,105,127)(H,106,128)(H,107,129)(H,108,131)(H,109,133)(H,122,123)(H,124,125)(H,136,137)(H4,93,94,97)(H3,95,99,110,111,135)/t56-,64-,65+,66-,67+,68-,69+,70-,71+,76+/m0/s1. The van der Waals surface area contributed by atoms with E-state index in [0.29, 0.717) is 88.7 Å². The number of carbonyl (C=O) groups is 14. The van der Waals surface area contributed by atoms with Crippen LogP contribution in [-0.2, 0) is 153 Å². The molecule has 57 nitrogen and oxygen atoms in total. The van der Waals surface area contributed by atoms with Gasteiger partial charge in [0.15, 0.2) is 17.1 Å². The van der Waals surface area contributed by atoms with Crippen molar-refractivity contribution in [2.45, 2.75) is 190 Å². The summed E-state index contributed by atoms with van der Waals surface area (Å²) in [5.74, 6) is -16.5. The lowest BCUT2D eigenvalue weighted by atomic mass is 10.0. The van der Waals surface area contributed by atoms with Crippen molar-refractivity contribution in [1.29, 1.82) is 5.41 Å². The highest BCUT2D eigenvalue weighted by Gasteiger charge is 2.38. The van der Waals surface area contributed by atoms with Crippen LogP contribution in [0.5, 0.6) is 5.75 Å². The lowest BCUT2D eigenvalue weighted by Gasteiger charge is -2.28. The summed E-state index contributed by atoms with van der Waals surface area (Å²) in [4.78, 5) is 219. The number of rotatable bonds is 65. The molecule has 6 aromatic rings. The van der Waals surface area contributed by atoms with Crippen LogP contribution in [0.1, 0.15) is 124 Å². The molecular weight excluding hydrogens is 1950 g/mol. The van der Waals surface area contributed by atoms with Gasteiger partial charge in [-0.2, -0.15) is 4.98 Å². The number of aromatic amines is 1. The molecule has 0 fully saturated rings. The van der Waals surface area contributed by atoms with Crippen molar-refractivity contribution in [3.63, 3.8) is 0 Å². The van der Waals surface area contributed by atoms with Crippen molar-refractivity contribution < 1.29 is 145 Å². The molecule has 816 valence electrons. The molecule has 0 saturated carbocycles. The minimum absolute atomic E-state index is 0.00454. The predicted octanol–water partition coefficient (Wildman–Crippen LogP) is -5.88. The second kappa shape index (κ2) is 68.2. The quantitative estimate of drug-likeness (QED) is 0.00960. The summed E-state index contributed by atoms with van der Waals surface area (Å²) in [7, 11) is 0. The Bertz CT molecular complexity index is 5230. The van der Waals surface area contributed by atoms with Gasteiger partial charge in [0.25, 0.3) is 11.5 Å². The number of guanidine groups is 1. The van der Waals surface area contributed by atoms with Crippen molar-refractivity contribution in [3.8, 4) is 5.75 Å². The summed E-state index contributed by atoms with van der Waals surface area (Å²) in [6.07, 6.45) is -2.39. The number of primary amides is 1. The van der Waals surface area contributed by atoms with Crippen LogP contribution < -0.4 is 86.6 Å². The van der Waals surface area contributed by atoms with Crippen molar-refractivity contribution >= 4 is 112 Å². The van der Waals surface area contributed by atoms with Crippen LogP contribution in [0.15, 0.2) is 71.9 Å². The molecule has 7 rings (SSSR count). The van der Waals surface area contributed by atoms with Crippen molar-refractivity contribution in [1.82, 2.24) is 108 Å². The highest BCUT2D eigenvalue weighted by molar-refractivity contribution is 6.00. The number of phenols is 1. The first kappa shape index (κ1) is 121. The molecule has 0 unspecified atom stereocenters. The number of aliphatic carboxylic acids is 3. The van der Waals surface area contributed by atoms with Crippen LogP contribution in [0.4, 0.5) is 11.6 Å². The van der Waals surface area contributed by atoms with Gasteiger partial charge in [0.05, 0.1) is 188 Å². The number of aromatic hydroxyl groups is 1. The molecule has 2 bridgehead atoms. The number of benzene rings is 2. The number of hydrogen-bond acceptors (Lipinski definition) is 38. The Kier molecular flexibility index (Phi) is 55.6. The largest absolute Gasteiger partial charge is 0.508 e. The van der Waals surface area contributed by atoms with Crippen LogP contribution in [-0.4, -0.2) is 383 Å². The number of ether oxygens (including phenoxy) is 11. The number of aryl methyl sites for hydroxylation is 2. The van der Waals surface area contributed by atoms with Gasteiger partial charge in [-0.3, -0.25) is 82.2 Å². The van der Waals surface area contributed by atoms with E-state index >= 15 is 9.59 Å². The van der Waals surface area contributed by atoms with Gasteiger partial charge >= 0.3 is 17.9 Å². The number of fused-ring (bicyclic) bond motifs is 3. The Hall–Kier alpha value is -14.3. The SMILES string of the molecule is CCOCCOCCOCCOCCOCCOCCOCCOCCC(=O)N[C@@H](CCc1cn(CCOCCOCCOCCNC(=O)CC[C@H](NC(=O)c2ccc(NCc3cnc4nc(N)[nH]c(=O)c4n3)cc2)C(=O)O)nn1)C(=O)N[C@H]1Cc2cn(nn2)CCCC[C@@H](C(N)=O)NC(=O)[C@@H]([C@H](C)O)NC(=O)[C@@H](Cc2ccc(O)cc2)NC(=O)[C@@H](CCCNC(=N)N)NC(=O)[C@@H](CCC(=O)O)NC(=O)[C@@H](CC(=O)O)NC1=O. The fourth-order valence-corrected chi connectivity index (χ4v) is 14.0. The van der Waals surface area contributed by atoms with E-state index in [2.05, 4.69) is 104 Å². The number of nitrogens with one attached hydrogen (secondary N) is 14. The molecule has 0 saturated heterocycles. The molecule has 5 heterocycles. The number of hydrogen-bond donors (Lipinski definition) is 22. The zero-order chi connectivity index (χ0) is 107. The van der Waals surface area contributed by atoms with Crippen molar-refractivity contribution in [2.75, 3.05) is 169 Å². The summed E-state index contributed by atoms with van der Waals surface area (Å²) < 4.78 is 63.8. The van der Waals surface area contributed by atoms with Crippen molar-refractivity contribution in [3.05, 3.63) is 106 Å². The van der Waals surface area contributed by atoms with Gasteiger partial charge < -0.3 is 159 Å². The zero-order valence-corrected chi connectivity index (χ0v) is 82.4. The smallest absolute Gasteiger partial charge is 0.326 e. The maximum Gasteiger partial charge on any atom is 0.326 e. The maximum atomic E-state index is 15.0. The minimum atomic E-state index is -2.16. The predicted molar refractivity (Wildman–Crippen MR) is 519 cm³/mol. The molecule has 2 aromatic carbocycles. The molecule has 1 aliphatic heterocycles. The first-order valence-corrected chi connectivity index (χ1v) is 48.2. The summed E-state index contributed by atoms with van der Waals surface area (Å²) >= 11 is 0. The summed E-state index contributed by atoms with van der Waals surface area (Å²) in [6, 6.07) is -4.09. The van der Waals surface area contributed by atoms with E-state index in [4.69, 9.17) is 74.7 Å². The Morgan fingerprint density at radius 1 is 0.561 bits per heavy atom. The first-order valence-electron chi connectivity index (χ1n) is 48.2. The number of nitrogens with zero attached hydrogens (tertiary/aromatic N) is 9. The lowest BCUT2D eigenvalue weighted by molar-refractivity contribution is -0.142. The fourth-order valence-electron chi connectivity index (χ4n) is 14.0. The maximum absolute atomic E-state index is 15.0. The van der Waals surface area contributed by atoms with Gasteiger partial charge in [-0.15, -0.1) is 10.2 Å². The zero-order valence-electron chi connectivity index (χ0n) is 82.4. The van der Waals surface area contributed by atoms with Gasteiger partial charge in [0.2, 0.25) is 65.0 Å². The molecule has 11 amide bonds. The number of carbonyl (C=O) groups excluding carboxylic acids is 11. The van der Waals surface area contributed by atoms with E-state index < -0.39 is 181 Å². The van der Waals surface area contributed by atoms with Crippen molar-refractivity contribution in [2.24, 2.45) is 11.5 Å². The number of H-pyrrole nitrogens is 1. The van der Waals surface area contributed by atoms with E-state index in [1.807, 2.05) is 6.92 Å². The molecule has 10 atom stereocenters. The monoisotopic (exact) mass is 2090 g/mol. The number of aliphatic hydroxyl groups is 1. The number of aromatic nitrogens is 10. The topological polar surface area (TPSA) is 821 Å². The molecule has 4 aromatic heterocycles. The van der Waals surface area contributed by atoms with Crippen LogP contribution >= 0.6 is 0 Å². The second-order valence-corrected chi connectivity index (χ2v) is 33.4. The minimum Gasteiger partial charge on any atom is -0.508 e. The number of carboxylic acids is 3. The molecule has 0 aliphatic carbocycles. The average molecular weight is 2090 g/mol. The van der Waals surface area contributed by atoms with E-state index in [0.717, 1.165) is 6.92 Å². The summed E-state index contributed by atoms with van der Waals surface area (Å²) in [6.45, 7) is 9.20. The Morgan fingerprint density at radius 2 is 1.14 bits per heavy atom. The van der Waals surface area contributed by atoms with Gasteiger partial charge in [-0.1, -0.05) is 22.6 Å². The first-order chi connectivity index (χ1) is 71.2. The van der Waals surface area contributed by atoms with Gasteiger partial charge in [-0.25, -0.2) is 19.4 Å². The highest BCUT2D eigenvalue weighted by Crippen LogP contribution is 2.18. The second-order valence-electron chi connectivity index (χ2n) is 33.4. The van der Waals surface area contributed by atoms with Gasteiger partial charge in [0.1, 0.15) is 60.1 Å². The third-order valence-corrected chi connectivity index (χ3v) is 21.8. The molecule has 148 heavy (non-hydrogen) atoms. The molecule has 1 aliphatic rings. The van der Waals surface area contributed by atoms with E-state index in [1.165, 1.54) is 58.2 Å². The number of nitrogen functional groups attached to an aromatic ring is 1. The number of carboxylic acid groups (broad SMARTS) is 3. The highest BCUT2D eigenvalue weighted by atomic mass is 16.6.